The average molecular weight is 255 g/mol. The molecule has 0 radical (unpaired) electrons. The first kappa shape index (κ1) is 12.6. The van der Waals surface area contributed by atoms with Crippen molar-refractivity contribution in [1.82, 2.24) is 0 Å². The molecule has 2 rings (SSSR count). The van der Waals surface area contributed by atoms with E-state index in [4.69, 9.17) is 11.6 Å². The predicted octanol–water partition coefficient (Wildman–Crippen LogP) is 4.49. The minimum atomic E-state index is -0.399. The second-order valence-corrected chi connectivity index (χ2v) is 5.36. The number of hydrogen-bond donors (Lipinski definition) is 0. The molecule has 17 heavy (non-hydrogen) atoms. The van der Waals surface area contributed by atoms with E-state index >= 15 is 0 Å². The molecule has 0 saturated heterocycles. The smallest absolute Gasteiger partial charge is 0.167 e. The molecule has 1 nitrogen and oxygen atoms in total. The highest BCUT2D eigenvalue weighted by atomic mass is 35.5. The number of carbonyl (C=O) groups is 1. The van der Waals surface area contributed by atoms with Crippen LogP contribution < -0.4 is 0 Å². The maximum absolute atomic E-state index is 12.9. The summed E-state index contributed by atoms with van der Waals surface area (Å²) >= 11 is 5.92. The van der Waals surface area contributed by atoms with Gasteiger partial charge in [0, 0.05) is 11.5 Å². The molecule has 0 spiro atoms. The molecule has 0 amide bonds. The van der Waals surface area contributed by atoms with Gasteiger partial charge in [-0.15, -0.1) is 0 Å². The van der Waals surface area contributed by atoms with Gasteiger partial charge in [0.05, 0.1) is 5.02 Å². The highest BCUT2D eigenvalue weighted by Crippen LogP contribution is 2.32. The lowest BCUT2D eigenvalue weighted by molar-refractivity contribution is 0.0868. The van der Waals surface area contributed by atoms with Crippen molar-refractivity contribution >= 4 is 17.4 Å². The summed E-state index contributed by atoms with van der Waals surface area (Å²) in [4.78, 5) is 12.3. The van der Waals surface area contributed by atoms with E-state index in [1.54, 1.807) is 0 Å². The van der Waals surface area contributed by atoms with Gasteiger partial charge in [0.15, 0.2) is 5.78 Å². The molecule has 0 aliphatic heterocycles. The maximum Gasteiger partial charge on any atom is 0.167 e. The van der Waals surface area contributed by atoms with Crippen molar-refractivity contribution in [2.45, 2.75) is 32.6 Å². The summed E-state index contributed by atoms with van der Waals surface area (Å²) in [6.07, 6.45) is 4.14. The van der Waals surface area contributed by atoms with E-state index in [1.807, 2.05) is 0 Å². The van der Waals surface area contributed by atoms with Gasteiger partial charge in [0.1, 0.15) is 5.82 Å². The zero-order valence-electron chi connectivity index (χ0n) is 9.88. The molecule has 0 N–H and O–H groups in total. The van der Waals surface area contributed by atoms with E-state index in [9.17, 15) is 9.18 Å². The molecular formula is C14H16ClFO. The van der Waals surface area contributed by atoms with Crippen LogP contribution in [0.2, 0.25) is 5.02 Å². The fourth-order valence-corrected chi connectivity index (χ4v) is 2.84. The first-order valence-electron chi connectivity index (χ1n) is 6.07. The van der Waals surface area contributed by atoms with Crippen LogP contribution in [0, 0.1) is 17.7 Å². The van der Waals surface area contributed by atoms with Crippen LogP contribution in [0.3, 0.4) is 0 Å². The third-order valence-electron chi connectivity index (χ3n) is 3.50. The lowest BCUT2D eigenvalue weighted by Crippen LogP contribution is -2.22. The van der Waals surface area contributed by atoms with Gasteiger partial charge in [-0.1, -0.05) is 31.4 Å². The molecule has 1 aromatic rings. The van der Waals surface area contributed by atoms with Crippen molar-refractivity contribution in [3.8, 4) is 0 Å². The minimum absolute atomic E-state index is 0.0571. The van der Waals surface area contributed by atoms with Gasteiger partial charge >= 0.3 is 0 Å². The van der Waals surface area contributed by atoms with Crippen molar-refractivity contribution in [1.29, 1.82) is 0 Å². The molecule has 1 aliphatic rings. The second-order valence-electron chi connectivity index (χ2n) is 4.96. The predicted molar refractivity (Wildman–Crippen MR) is 66.9 cm³/mol. The highest BCUT2D eigenvalue weighted by Gasteiger charge is 2.27. The summed E-state index contributed by atoms with van der Waals surface area (Å²) in [7, 11) is 0. The van der Waals surface area contributed by atoms with Crippen molar-refractivity contribution in [3.05, 3.63) is 34.6 Å². The van der Waals surface area contributed by atoms with Crippen LogP contribution in [0.1, 0.15) is 43.0 Å². The normalized spacial score (nSPS) is 24.6. The topological polar surface area (TPSA) is 17.1 Å². The number of rotatable bonds is 2. The van der Waals surface area contributed by atoms with E-state index in [0.29, 0.717) is 11.5 Å². The van der Waals surface area contributed by atoms with Crippen LogP contribution in [0.5, 0.6) is 0 Å². The Kier molecular flexibility index (Phi) is 3.82. The molecular weight excluding hydrogens is 239 g/mol. The quantitative estimate of drug-likeness (QED) is 0.711. The molecule has 1 saturated carbocycles. The Hall–Kier alpha value is -0.890. The molecule has 3 heteroatoms. The van der Waals surface area contributed by atoms with E-state index in [0.717, 1.165) is 19.3 Å². The summed E-state index contributed by atoms with van der Waals surface area (Å²) in [5.74, 6) is 0.323. The minimum Gasteiger partial charge on any atom is -0.294 e. The van der Waals surface area contributed by atoms with Gasteiger partial charge in [0.2, 0.25) is 0 Å². The fraction of sp³-hybridized carbons (Fsp3) is 0.500. The zero-order valence-corrected chi connectivity index (χ0v) is 10.6. The fourth-order valence-electron chi connectivity index (χ4n) is 2.58. The number of hydrogen-bond acceptors (Lipinski definition) is 1. The van der Waals surface area contributed by atoms with Gasteiger partial charge in [-0.25, -0.2) is 4.39 Å². The van der Waals surface area contributed by atoms with Crippen LogP contribution in [-0.2, 0) is 0 Å². The van der Waals surface area contributed by atoms with Crippen LogP contribution in [-0.4, -0.2) is 5.78 Å². The van der Waals surface area contributed by atoms with Crippen molar-refractivity contribution < 1.29 is 9.18 Å². The Morgan fingerprint density at radius 3 is 2.82 bits per heavy atom. The number of carbonyl (C=O) groups excluding carboxylic acids is 1. The van der Waals surface area contributed by atoms with Crippen LogP contribution in [0.4, 0.5) is 4.39 Å². The van der Waals surface area contributed by atoms with E-state index in [2.05, 4.69) is 6.92 Å². The molecule has 0 bridgehead atoms. The Morgan fingerprint density at radius 1 is 1.41 bits per heavy atom. The number of halogens is 2. The molecule has 1 aliphatic carbocycles. The number of ketones is 1. The molecule has 2 unspecified atom stereocenters. The van der Waals surface area contributed by atoms with Crippen LogP contribution >= 0.6 is 11.6 Å². The number of Topliss-reactive ketones (excluding diaryl/α,β-unsaturated/α-hetero) is 1. The lowest BCUT2D eigenvalue weighted by Gasteiger charge is -2.25. The Morgan fingerprint density at radius 2 is 2.18 bits per heavy atom. The van der Waals surface area contributed by atoms with Crippen LogP contribution in [0.15, 0.2) is 18.2 Å². The summed E-state index contributed by atoms with van der Waals surface area (Å²) in [6.45, 7) is 2.17. The van der Waals surface area contributed by atoms with Gasteiger partial charge < -0.3 is 0 Å². The molecule has 0 heterocycles. The first-order chi connectivity index (χ1) is 8.08. The summed E-state index contributed by atoms with van der Waals surface area (Å²) in [5, 5.41) is 0.230. The van der Waals surface area contributed by atoms with Crippen molar-refractivity contribution in [2.24, 2.45) is 11.8 Å². The lowest BCUT2D eigenvalue weighted by atomic mass is 9.79. The SMILES string of the molecule is CC1CCCC(C(=O)c2ccc(F)cc2Cl)C1. The van der Waals surface area contributed by atoms with Crippen molar-refractivity contribution in [3.63, 3.8) is 0 Å². The Labute approximate surface area is 106 Å². The summed E-state index contributed by atoms with van der Waals surface area (Å²) < 4.78 is 12.9. The molecule has 2 atom stereocenters. The number of benzene rings is 1. The monoisotopic (exact) mass is 254 g/mol. The van der Waals surface area contributed by atoms with Gasteiger partial charge in [-0.3, -0.25) is 4.79 Å². The maximum atomic E-state index is 12.9. The van der Waals surface area contributed by atoms with Crippen molar-refractivity contribution in [2.75, 3.05) is 0 Å². The highest BCUT2D eigenvalue weighted by molar-refractivity contribution is 6.34. The van der Waals surface area contributed by atoms with Crippen LogP contribution in [0.25, 0.3) is 0 Å². The average Bonchev–Trinajstić information content (AvgIpc) is 2.28. The largest absolute Gasteiger partial charge is 0.294 e. The molecule has 92 valence electrons. The molecule has 1 aromatic carbocycles. The Bertz CT molecular complexity index is 430. The molecule has 1 fully saturated rings. The van der Waals surface area contributed by atoms with Gasteiger partial charge in [0.25, 0.3) is 0 Å². The summed E-state index contributed by atoms with van der Waals surface area (Å²) in [6, 6.07) is 4.01. The Balaban J connectivity index is 2.18. The first-order valence-corrected chi connectivity index (χ1v) is 6.45. The van der Waals surface area contributed by atoms with E-state index in [-0.39, 0.29) is 16.7 Å². The second kappa shape index (κ2) is 5.18. The van der Waals surface area contributed by atoms with E-state index < -0.39 is 5.82 Å². The van der Waals surface area contributed by atoms with Gasteiger partial charge in [-0.05, 0) is 37.0 Å². The third-order valence-corrected chi connectivity index (χ3v) is 3.82. The van der Waals surface area contributed by atoms with Gasteiger partial charge in [-0.2, -0.15) is 0 Å². The molecule has 0 aromatic heterocycles. The standard InChI is InChI=1S/C14H16ClFO/c1-9-3-2-4-10(7-9)14(17)12-6-5-11(16)8-13(12)15/h5-6,8-10H,2-4,7H2,1H3. The zero-order chi connectivity index (χ0) is 12.4. The third kappa shape index (κ3) is 2.86. The summed E-state index contributed by atoms with van der Waals surface area (Å²) in [5.41, 5.74) is 0.465. The van der Waals surface area contributed by atoms with E-state index in [1.165, 1.54) is 24.6 Å².